The van der Waals surface area contributed by atoms with Crippen molar-refractivity contribution in [2.24, 2.45) is 0 Å². The van der Waals surface area contributed by atoms with Crippen molar-refractivity contribution in [3.8, 4) is 67.0 Å². The van der Waals surface area contributed by atoms with Gasteiger partial charge in [-0.05, 0) is 181 Å². The zero-order valence-electron chi connectivity index (χ0n) is 45.8. The van der Waals surface area contributed by atoms with E-state index in [2.05, 4.69) is 315 Å². The first-order valence-electron chi connectivity index (χ1n) is 28.4. The number of rotatable bonds is 8. The summed E-state index contributed by atoms with van der Waals surface area (Å²) in [7, 11) is 0. The first-order valence-corrected chi connectivity index (χ1v) is 28.4. The number of nitrogens with zero attached hydrogens (tertiary/aromatic N) is 3. The van der Waals surface area contributed by atoms with E-state index >= 15 is 0 Å². The van der Waals surface area contributed by atoms with Gasteiger partial charge in [0.25, 0.3) is 0 Å². The lowest BCUT2D eigenvalue weighted by atomic mass is 9.82. The molecule has 16 rings (SSSR count). The lowest BCUT2D eigenvalue weighted by Gasteiger charge is -2.30. The van der Waals surface area contributed by atoms with Gasteiger partial charge in [-0.15, -0.1) is 0 Å². The third kappa shape index (κ3) is 7.21. The summed E-state index contributed by atoms with van der Waals surface area (Å²) >= 11 is 0. The molecule has 2 aliphatic rings. The Bertz CT molecular complexity index is 4730. The summed E-state index contributed by atoms with van der Waals surface area (Å²) in [5.74, 6) is 0. The number of anilines is 3. The zero-order chi connectivity index (χ0) is 54.1. The SMILES string of the molecule is CC1(C)c2ccccc2-c2ccc(N(c3ccc(-c4ccc(-c5ccc6c(c5)c5cc(-c7ccc8c(c7)c7ccccc7n8-c7ccccc7)ccc5n6-c5ccccc5)cc4)cc3)c3ccc4c(c3)C(C)(C)c3ccccc3-4)cc21. The minimum atomic E-state index is -0.119. The molecule has 0 saturated heterocycles. The maximum absolute atomic E-state index is 2.46. The normalized spacial score (nSPS) is 13.6. The minimum Gasteiger partial charge on any atom is -0.310 e. The van der Waals surface area contributed by atoms with E-state index in [1.165, 1.54) is 127 Å². The average molecular weight is 1040 g/mol. The van der Waals surface area contributed by atoms with E-state index < -0.39 is 0 Å². The van der Waals surface area contributed by atoms with Crippen LogP contribution in [0.3, 0.4) is 0 Å². The van der Waals surface area contributed by atoms with Gasteiger partial charge in [0.1, 0.15) is 0 Å². The monoisotopic (exact) mass is 1040 g/mol. The molecule has 0 fully saturated rings. The quantitative estimate of drug-likeness (QED) is 0.148. The number of aromatic nitrogens is 2. The van der Waals surface area contributed by atoms with E-state index in [4.69, 9.17) is 0 Å². The molecule has 0 spiro atoms. The lowest BCUT2D eigenvalue weighted by Crippen LogP contribution is -2.18. The molecule has 0 N–H and O–H groups in total. The van der Waals surface area contributed by atoms with Gasteiger partial charge in [0.2, 0.25) is 0 Å². The van der Waals surface area contributed by atoms with Crippen molar-refractivity contribution in [3.05, 3.63) is 295 Å². The molecule has 3 nitrogen and oxygen atoms in total. The maximum atomic E-state index is 2.46. The summed E-state index contributed by atoms with van der Waals surface area (Å²) in [6.07, 6.45) is 0. The summed E-state index contributed by atoms with van der Waals surface area (Å²) in [6, 6.07) is 102. The fourth-order valence-electron chi connectivity index (χ4n) is 14.0. The predicted octanol–water partition coefficient (Wildman–Crippen LogP) is 21.0. The first-order chi connectivity index (χ1) is 39.7. The van der Waals surface area contributed by atoms with Crippen LogP contribution in [0.1, 0.15) is 49.9 Å². The Morgan fingerprint density at radius 1 is 0.247 bits per heavy atom. The highest BCUT2D eigenvalue weighted by atomic mass is 15.1. The predicted molar refractivity (Wildman–Crippen MR) is 341 cm³/mol. The van der Waals surface area contributed by atoms with Crippen LogP contribution in [0.15, 0.2) is 273 Å². The molecule has 2 aliphatic carbocycles. The van der Waals surface area contributed by atoms with Gasteiger partial charge in [-0.2, -0.15) is 0 Å². The second-order valence-electron chi connectivity index (χ2n) is 23.3. The lowest BCUT2D eigenvalue weighted by molar-refractivity contribution is 0.660. The number of para-hydroxylation sites is 3. The van der Waals surface area contributed by atoms with E-state index in [0.29, 0.717) is 0 Å². The van der Waals surface area contributed by atoms with Crippen LogP contribution in [0.4, 0.5) is 17.1 Å². The zero-order valence-corrected chi connectivity index (χ0v) is 45.8. The number of benzene rings is 12. The molecule has 12 aromatic carbocycles. The molecule has 2 aromatic heterocycles. The molecule has 81 heavy (non-hydrogen) atoms. The highest BCUT2D eigenvalue weighted by molar-refractivity contribution is 6.13. The topological polar surface area (TPSA) is 13.1 Å². The van der Waals surface area contributed by atoms with Crippen LogP contribution in [0, 0.1) is 0 Å². The molecule has 0 bridgehead atoms. The van der Waals surface area contributed by atoms with E-state index in [9.17, 15) is 0 Å². The second-order valence-corrected chi connectivity index (χ2v) is 23.3. The van der Waals surface area contributed by atoms with Crippen LogP contribution < -0.4 is 4.90 Å². The van der Waals surface area contributed by atoms with Crippen LogP contribution in [0.25, 0.3) is 111 Å². The molecule has 3 heteroatoms. The number of hydrogen-bond donors (Lipinski definition) is 0. The standard InChI is InChI=1S/C78H57N3/c1-77(2)69-24-14-11-21-61(69)63-40-38-59(48-71(63)77)79(60-39-41-64-62-22-12-15-25-70(62)78(3,4)72(64)49-60)58-36-31-51(32-37-58)50-27-29-52(30-28-50)53-33-42-75-67(45-53)68-47-55(35-44-76(68)81(75)57-19-9-6-10-20-57)54-34-43-74-66(46-54)65-23-13-16-26-73(65)80(74)56-17-7-5-8-18-56/h5-49H,1-4H3. The van der Waals surface area contributed by atoms with Crippen LogP contribution in [-0.4, -0.2) is 9.13 Å². The van der Waals surface area contributed by atoms with Crippen LogP contribution in [0.2, 0.25) is 0 Å². The molecule has 0 aliphatic heterocycles. The van der Waals surface area contributed by atoms with Gasteiger partial charge in [-0.1, -0.05) is 198 Å². The summed E-state index contributed by atoms with van der Waals surface area (Å²) in [4.78, 5) is 2.46. The molecule has 14 aromatic rings. The van der Waals surface area contributed by atoms with Crippen molar-refractivity contribution >= 4 is 60.7 Å². The van der Waals surface area contributed by atoms with Crippen LogP contribution in [-0.2, 0) is 10.8 Å². The van der Waals surface area contributed by atoms with E-state index in [1.807, 2.05) is 0 Å². The van der Waals surface area contributed by atoms with Crippen LogP contribution in [0.5, 0.6) is 0 Å². The molecule has 0 radical (unpaired) electrons. The Morgan fingerprint density at radius 3 is 1.06 bits per heavy atom. The fraction of sp³-hybridized carbons (Fsp3) is 0.0769. The van der Waals surface area contributed by atoms with Crippen LogP contribution >= 0.6 is 0 Å². The van der Waals surface area contributed by atoms with Crippen molar-refractivity contribution in [3.63, 3.8) is 0 Å². The second kappa shape index (κ2) is 17.8. The van der Waals surface area contributed by atoms with E-state index in [0.717, 1.165) is 22.7 Å². The third-order valence-corrected chi connectivity index (χ3v) is 18.1. The Labute approximate surface area is 472 Å². The highest BCUT2D eigenvalue weighted by Crippen LogP contribution is 2.53. The molecule has 2 heterocycles. The minimum absolute atomic E-state index is 0.119. The molecular formula is C78H57N3. The first kappa shape index (κ1) is 47.1. The number of hydrogen-bond acceptors (Lipinski definition) is 1. The fourth-order valence-corrected chi connectivity index (χ4v) is 14.0. The molecule has 0 atom stereocenters. The van der Waals surface area contributed by atoms with Gasteiger partial charge in [0.05, 0.1) is 22.1 Å². The Hall–Kier alpha value is -9.96. The van der Waals surface area contributed by atoms with Crippen molar-refractivity contribution in [1.82, 2.24) is 9.13 Å². The van der Waals surface area contributed by atoms with Crippen molar-refractivity contribution in [2.75, 3.05) is 4.90 Å². The Morgan fingerprint density at radius 2 is 0.580 bits per heavy atom. The number of fused-ring (bicyclic) bond motifs is 12. The van der Waals surface area contributed by atoms with Gasteiger partial charge in [0, 0.05) is 60.8 Å². The maximum Gasteiger partial charge on any atom is 0.0541 e. The van der Waals surface area contributed by atoms with Gasteiger partial charge in [-0.3, -0.25) is 0 Å². The molecule has 0 saturated carbocycles. The van der Waals surface area contributed by atoms with Crippen molar-refractivity contribution in [2.45, 2.75) is 38.5 Å². The summed E-state index contributed by atoms with van der Waals surface area (Å²) in [5, 5.41) is 4.96. The molecular weight excluding hydrogens is 979 g/mol. The molecule has 0 unspecified atom stereocenters. The van der Waals surface area contributed by atoms with Gasteiger partial charge in [0.15, 0.2) is 0 Å². The largest absolute Gasteiger partial charge is 0.310 e. The van der Waals surface area contributed by atoms with Gasteiger partial charge in [-0.25, -0.2) is 0 Å². The van der Waals surface area contributed by atoms with Crippen molar-refractivity contribution < 1.29 is 0 Å². The summed E-state index contributed by atoms with van der Waals surface area (Å²) in [5.41, 5.74) is 28.2. The average Bonchev–Trinajstić information content (AvgIpc) is 4.19. The Balaban J connectivity index is 0.757. The third-order valence-electron chi connectivity index (χ3n) is 18.1. The summed E-state index contributed by atoms with van der Waals surface area (Å²) < 4.78 is 4.80. The summed E-state index contributed by atoms with van der Waals surface area (Å²) in [6.45, 7) is 9.48. The Kier molecular flexibility index (Phi) is 10.3. The van der Waals surface area contributed by atoms with E-state index in [-0.39, 0.29) is 10.8 Å². The van der Waals surface area contributed by atoms with Crippen molar-refractivity contribution in [1.29, 1.82) is 0 Å². The van der Waals surface area contributed by atoms with Gasteiger partial charge >= 0.3 is 0 Å². The molecule has 0 amide bonds. The highest BCUT2D eigenvalue weighted by Gasteiger charge is 2.38. The van der Waals surface area contributed by atoms with E-state index in [1.54, 1.807) is 0 Å². The smallest absolute Gasteiger partial charge is 0.0541 e. The molecule has 384 valence electrons. The van der Waals surface area contributed by atoms with Gasteiger partial charge < -0.3 is 14.0 Å².